The maximum absolute atomic E-state index is 13.0. The molecule has 8 heteroatoms. The predicted octanol–water partition coefficient (Wildman–Crippen LogP) is 3.72. The third-order valence-corrected chi connectivity index (χ3v) is 8.53. The van der Waals surface area contributed by atoms with Gasteiger partial charge in [-0.3, -0.25) is 14.6 Å². The Morgan fingerprint density at radius 3 is 2.88 bits per heavy atom. The molecule has 3 aliphatic rings. The van der Waals surface area contributed by atoms with Crippen molar-refractivity contribution in [1.29, 1.82) is 0 Å². The molecule has 4 heterocycles. The fourth-order valence-electron chi connectivity index (χ4n) is 5.34. The highest BCUT2D eigenvalue weighted by Gasteiger charge is 2.27. The minimum atomic E-state index is 0.0374. The predicted molar refractivity (Wildman–Crippen MR) is 129 cm³/mol. The molecule has 1 saturated heterocycles. The average molecular weight is 467 g/mol. The van der Waals surface area contributed by atoms with Crippen molar-refractivity contribution in [3.63, 3.8) is 0 Å². The summed E-state index contributed by atoms with van der Waals surface area (Å²) in [6.07, 6.45) is 3.24. The second-order valence-electron chi connectivity index (χ2n) is 9.66. The van der Waals surface area contributed by atoms with E-state index in [1.54, 1.807) is 11.3 Å². The number of aromatic nitrogens is 2. The minimum Gasteiger partial charge on any atom is -0.454 e. The number of fused-ring (bicyclic) bond motifs is 4. The molecule has 2 aromatic heterocycles. The van der Waals surface area contributed by atoms with Crippen molar-refractivity contribution in [2.45, 2.75) is 45.7 Å². The van der Waals surface area contributed by atoms with Gasteiger partial charge in [-0.25, -0.2) is 4.98 Å². The van der Waals surface area contributed by atoms with Crippen LogP contribution in [0.1, 0.15) is 48.1 Å². The highest BCUT2D eigenvalue weighted by Crippen LogP contribution is 2.36. The van der Waals surface area contributed by atoms with Crippen LogP contribution >= 0.6 is 11.3 Å². The van der Waals surface area contributed by atoms with Crippen LogP contribution in [-0.4, -0.2) is 52.7 Å². The highest BCUT2D eigenvalue weighted by atomic mass is 32.1. The minimum absolute atomic E-state index is 0.0374. The Labute approximate surface area is 197 Å². The zero-order chi connectivity index (χ0) is 22.5. The molecule has 6 rings (SSSR count). The molecule has 7 nitrogen and oxygen atoms in total. The lowest BCUT2D eigenvalue weighted by atomic mass is 9.89. The molecule has 3 aromatic rings. The average Bonchev–Trinajstić information content (AvgIpc) is 3.42. The Morgan fingerprint density at radius 2 is 2.03 bits per heavy atom. The molecule has 1 aliphatic carbocycles. The van der Waals surface area contributed by atoms with Crippen LogP contribution in [0.15, 0.2) is 23.0 Å². The number of benzene rings is 1. The summed E-state index contributed by atoms with van der Waals surface area (Å²) in [6, 6.07) is 6.29. The molecular weight excluding hydrogens is 436 g/mol. The van der Waals surface area contributed by atoms with E-state index in [1.807, 2.05) is 6.07 Å². The molecule has 1 N–H and O–H groups in total. The van der Waals surface area contributed by atoms with Gasteiger partial charge >= 0.3 is 0 Å². The standard InChI is InChI=1S/C25H30N4O3S/c1-15-3-5-18-21(11-15)33-25-22(18)24(30)26-23(27-25)16(2)29-9-7-28(8-10-29)13-17-4-6-19-20(12-17)32-14-31-19/h4,6,12,15-16H,3,5,7-11,13-14H2,1-2H3,(H,26,27,30)/t15-,16-/m1/s1. The van der Waals surface area contributed by atoms with E-state index >= 15 is 0 Å². The summed E-state index contributed by atoms with van der Waals surface area (Å²) in [7, 11) is 0. The van der Waals surface area contributed by atoms with E-state index in [-0.39, 0.29) is 11.6 Å². The molecule has 0 saturated carbocycles. The van der Waals surface area contributed by atoms with Crippen LogP contribution < -0.4 is 15.0 Å². The molecule has 2 aliphatic heterocycles. The first-order chi connectivity index (χ1) is 16.0. The van der Waals surface area contributed by atoms with Gasteiger partial charge in [-0.05, 0) is 55.4 Å². The Morgan fingerprint density at radius 1 is 1.21 bits per heavy atom. The Balaban J connectivity index is 1.14. The summed E-state index contributed by atoms with van der Waals surface area (Å²) in [5, 5.41) is 0.839. The molecule has 0 bridgehead atoms. The van der Waals surface area contributed by atoms with E-state index in [9.17, 15) is 4.79 Å². The second-order valence-corrected chi connectivity index (χ2v) is 10.7. The first-order valence-electron chi connectivity index (χ1n) is 11.9. The number of rotatable bonds is 4. The Hall–Kier alpha value is -2.42. The lowest BCUT2D eigenvalue weighted by Crippen LogP contribution is -2.47. The summed E-state index contributed by atoms with van der Waals surface area (Å²) in [4.78, 5) is 28.2. The molecule has 0 unspecified atom stereocenters. The van der Waals surface area contributed by atoms with Gasteiger partial charge in [-0.15, -0.1) is 11.3 Å². The molecule has 0 amide bonds. The summed E-state index contributed by atoms with van der Waals surface area (Å²) in [6.45, 7) is 9.53. The summed E-state index contributed by atoms with van der Waals surface area (Å²) in [5.41, 5.74) is 2.53. The number of hydrogen-bond acceptors (Lipinski definition) is 7. The van der Waals surface area contributed by atoms with Crippen LogP contribution in [-0.2, 0) is 19.4 Å². The van der Waals surface area contributed by atoms with Crippen LogP contribution in [0, 0.1) is 5.92 Å². The van der Waals surface area contributed by atoms with E-state index < -0.39 is 0 Å². The van der Waals surface area contributed by atoms with Gasteiger partial charge in [-0.2, -0.15) is 0 Å². The van der Waals surface area contributed by atoms with Crippen molar-refractivity contribution in [3.05, 3.63) is 50.4 Å². The van der Waals surface area contributed by atoms with Crippen LogP contribution in [0.3, 0.4) is 0 Å². The van der Waals surface area contributed by atoms with Crippen molar-refractivity contribution >= 4 is 21.6 Å². The van der Waals surface area contributed by atoms with Gasteiger partial charge in [0.1, 0.15) is 10.7 Å². The van der Waals surface area contributed by atoms with Crippen molar-refractivity contribution in [2.24, 2.45) is 5.92 Å². The normalized spacial score (nSPS) is 21.9. The highest BCUT2D eigenvalue weighted by molar-refractivity contribution is 7.18. The van der Waals surface area contributed by atoms with Crippen molar-refractivity contribution in [1.82, 2.24) is 19.8 Å². The molecule has 2 atom stereocenters. The number of H-pyrrole nitrogens is 1. The van der Waals surface area contributed by atoms with Crippen molar-refractivity contribution < 1.29 is 9.47 Å². The molecular formula is C25H30N4O3S. The number of hydrogen-bond donors (Lipinski definition) is 1. The van der Waals surface area contributed by atoms with Crippen LogP contribution in [0.4, 0.5) is 0 Å². The van der Waals surface area contributed by atoms with E-state index in [4.69, 9.17) is 14.5 Å². The number of nitrogens with zero attached hydrogens (tertiary/aromatic N) is 3. The summed E-state index contributed by atoms with van der Waals surface area (Å²) in [5.74, 6) is 3.16. The van der Waals surface area contributed by atoms with E-state index in [0.717, 1.165) is 79.5 Å². The Bertz CT molecular complexity index is 1240. The monoisotopic (exact) mass is 466 g/mol. The number of piperazine rings is 1. The molecule has 33 heavy (non-hydrogen) atoms. The van der Waals surface area contributed by atoms with Crippen molar-refractivity contribution in [2.75, 3.05) is 33.0 Å². The lowest BCUT2D eigenvalue weighted by molar-refractivity contribution is 0.0948. The number of ether oxygens (including phenoxy) is 2. The van der Waals surface area contributed by atoms with Gasteiger partial charge in [0.05, 0.1) is 11.4 Å². The first kappa shape index (κ1) is 21.1. The smallest absolute Gasteiger partial charge is 0.259 e. The second kappa shape index (κ2) is 8.42. The van der Waals surface area contributed by atoms with Gasteiger partial charge in [0, 0.05) is 37.6 Å². The largest absolute Gasteiger partial charge is 0.454 e. The zero-order valence-corrected chi connectivity index (χ0v) is 20.0. The SMILES string of the molecule is C[C@@H]1CCc2c(sc3nc([C@@H](C)N4CCN(Cc5ccc6c(c5)OCO6)CC4)[nH]c(=O)c23)C1. The van der Waals surface area contributed by atoms with Gasteiger partial charge in [-0.1, -0.05) is 13.0 Å². The van der Waals surface area contributed by atoms with Crippen LogP contribution in [0.2, 0.25) is 0 Å². The first-order valence-corrected chi connectivity index (χ1v) is 12.8. The lowest BCUT2D eigenvalue weighted by Gasteiger charge is -2.37. The fourth-order valence-corrected chi connectivity index (χ4v) is 6.73. The number of thiophene rings is 1. The number of nitrogens with one attached hydrogen (secondary N) is 1. The Kier molecular flexibility index (Phi) is 5.39. The summed E-state index contributed by atoms with van der Waals surface area (Å²) >= 11 is 1.73. The van der Waals surface area contributed by atoms with E-state index in [2.05, 4.69) is 40.8 Å². The zero-order valence-electron chi connectivity index (χ0n) is 19.2. The third kappa shape index (κ3) is 3.94. The quantitative estimate of drug-likeness (QED) is 0.632. The maximum Gasteiger partial charge on any atom is 0.259 e. The summed E-state index contributed by atoms with van der Waals surface area (Å²) < 4.78 is 10.9. The van der Waals surface area contributed by atoms with Crippen molar-refractivity contribution in [3.8, 4) is 11.5 Å². The van der Waals surface area contributed by atoms with E-state index in [0.29, 0.717) is 12.7 Å². The fraction of sp³-hybridized carbons (Fsp3) is 0.520. The third-order valence-electron chi connectivity index (χ3n) is 7.38. The van der Waals surface area contributed by atoms with Gasteiger partial charge in [0.25, 0.3) is 5.56 Å². The number of aromatic amines is 1. The van der Waals surface area contributed by atoms with E-state index in [1.165, 1.54) is 16.0 Å². The van der Waals surface area contributed by atoms with Gasteiger partial charge in [0.15, 0.2) is 11.5 Å². The van der Waals surface area contributed by atoms with Gasteiger partial charge < -0.3 is 14.5 Å². The van der Waals surface area contributed by atoms with Gasteiger partial charge in [0.2, 0.25) is 6.79 Å². The maximum atomic E-state index is 13.0. The topological polar surface area (TPSA) is 70.7 Å². The number of aryl methyl sites for hydroxylation is 1. The molecule has 1 fully saturated rings. The molecule has 0 spiro atoms. The molecule has 1 aromatic carbocycles. The molecule has 174 valence electrons. The molecule has 0 radical (unpaired) electrons. The van der Waals surface area contributed by atoms with Crippen LogP contribution in [0.5, 0.6) is 11.5 Å². The van der Waals surface area contributed by atoms with Crippen LogP contribution in [0.25, 0.3) is 10.2 Å².